The minimum Gasteiger partial charge on any atom is -0.454 e. The molecular formula is C21H22BrNO5S. The number of hydrogen-bond acceptors (Lipinski definition) is 5. The molecule has 0 saturated carbocycles. The largest absolute Gasteiger partial charge is 0.454 e. The molecule has 0 spiro atoms. The zero-order valence-electron chi connectivity index (χ0n) is 16.2. The Kier molecular flexibility index (Phi) is 6.43. The first-order chi connectivity index (χ1) is 13.7. The number of ether oxygens (including phenoxy) is 1. The fraction of sp³-hybridized carbons (Fsp3) is 0.333. The fourth-order valence-electron chi connectivity index (χ4n) is 3.64. The SMILES string of the molecule is Cc1cc(C(=O)COC(=O)/C=C/c2cccc(Br)c2)c(C)n1C1CCS(=O)(=O)C1. The smallest absolute Gasteiger partial charge is 0.331 e. The number of carbonyl (C=O) groups is 2. The van der Waals surface area contributed by atoms with Crippen LogP contribution in [0.25, 0.3) is 6.08 Å². The van der Waals surface area contributed by atoms with Crippen LogP contribution in [0.5, 0.6) is 0 Å². The van der Waals surface area contributed by atoms with Gasteiger partial charge in [0.05, 0.1) is 11.5 Å². The van der Waals surface area contributed by atoms with Gasteiger partial charge in [0.1, 0.15) is 0 Å². The highest BCUT2D eigenvalue weighted by Crippen LogP contribution is 2.29. The van der Waals surface area contributed by atoms with Crippen molar-refractivity contribution < 1.29 is 22.7 Å². The summed E-state index contributed by atoms with van der Waals surface area (Å²) in [5.41, 5.74) is 2.82. The number of Topliss-reactive ketones (excluding diaryl/α,β-unsaturated/α-hetero) is 1. The van der Waals surface area contributed by atoms with Gasteiger partial charge in [-0.3, -0.25) is 4.79 Å². The molecule has 1 atom stereocenters. The van der Waals surface area contributed by atoms with Crippen molar-refractivity contribution >= 4 is 43.6 Å². The number of ketones is 1. The normalized spacial score (nSPS) is 18.2. The molecule has 8 heteroatoms. The van der Waals surface area contributed by atoms with Gasteiger partial charge < -0.3 is 9.30 Å². The molecule has 1 aromatic carbocycles. The van der Waals surface area contributed by atoms with E-state index < -0.39 is 15.8 Å². The molecule has 1 unspecified atom stereocenters. The first-order valence-corrected chi connectivity index (χ1v) is 11.8. The summed E-state index contributed by atoms with van der Waals surface area (Å²) in [6, 6.07) is 9.01. The second kappa shape index (κ2) is 8.67. The predicted molar refractivity (Wildman–Crippen MR) is 115 cm³/mol. The molecule has 1 aliphatic heterocycles. The van der Waals surface area contributed by atoms with Crippen LogP contribution < -0.4 is 0 Å². The van der Waals surface area contributed by atoms with Crippen molar-refractivity contribution in [3.05, 3.63) is 63.4 Å². The maximum Gasteiger partial charge on any atom is 0.331 e. The Morgan fingerprint density at radius 1 is 1.28 bits per heavy atom. The van der Waals surface area contributed by atoms with Crippen molar-refractivity contribution in [1.29, 1.82) is 0 Å². The van der Waals surface area contributed by atoms with Crippen LogP contribution >= 0.6 is 15.9 Å². The second-order valence-electron chi connectivity index (χ2n) is 7.13. The Bertz CT molecular complexity index is 1080. The number of carbonyl (C=O) groups excluding carboxylic acids is 2. The molecule has 0 N–H and O–H groups in total. The molecule has 3 rings (SSSR count). The number of aryl methyl sites for hydroxylation is 1. The predicted octanol–water partition coefficient (Wildman–Crippen LogP) is 3.67. The number of esters is 1. The van der Waals surface area contributed by atoms with E-state index in [0.29, 0.717) is 17.7 Å². The highest BCUT2D eigenvalue weighted by molar-refractivity contribution is 9.10. The molecule has 0 amide bonds. The van der Waals surface area contributed by atoms with E-state index in [1.807, 2.05) is 35.8 Å². The first-order valence-electron chi connectivity index (χ1n) is 9.19. The van der Waals surface area contributed by atoms with Gasteiger partial charge in [-0.2, -0.15) is 0 Å². The quantitative estimate of drug-likeness (QED) is 0.358. The molecule has 0 aliphatic carbocycles. The topological polar surface area (TPSA) is 82.4 Å². The lowest BCUT2D eigenvalue weighted by Crippen LogP contribution is -2.16. The Hall–Kier alpha value is -2.19. The summed E-state index contributed by atoms with van der Waals surface area (Å²) in [7, 11) is -3.03. The summed E-state index contributed by atoms with van der Waals surface area (Å²) in [4.78, 5) is 24.5. The summed E-state index contributed by atoms with van der Waals surface area (Å²) in [5.74, 6) is -0.657. The number of aromatic nitrogens is 1. The molecule has 2 heterocycles. The standard InChI is InChI=1S/C21H22BrNO5S/c1-14-10-19(15(2)23(14)18-8-9-29(26,27)13-18)20(24)12-28-21(25)7-6-16-4-3-5-17(22)11-16/h3-7,10-11,18H,8-9,12-13H2,1-2H3/b7-6+. The third kappa shape index (κ3) is 5.25. The lowest BCUT2D eigenvalue weighted by Gasteiger charge is -2.16. The van der Waals surface area contributed by atoms with Gasteiger partial charge in [0.15, 0.2) is 16.4 Å². The lowest BCUT2D eigenvalue weighted by atomic mass is 10.1. The molecule has 0 radical (unpaired) electrons. The average Bonchev–Trinajstić information content (AvgIpc) is 3.16. The summed E-state index contributed by atoms with van der Waals surface area (Å²) in [6.07, 6.45) is 3.44. The maximum absolute atomic E-state index is 12.6. The van der Waals surface area contributed by atoms with Gasteiger partial charge >= 0.3 is 5.97 Å². The number of hydrogen-bond donors (Lipinski definition) is 0. The monoisotopic (exact) mass is 479 g/mol. The summed E-state index contributed by atoms with van der Waals surface area (Å²) in [5, 5.41) is 0. The van der Waals surface area contributed by atoms with Crippen molar-refractivity contribution in [2.75, 3.05) is 18.1 Å². The molecular weight excluding hydrogens is 458 g/mol. The summed E-state index contributed by atoms with van der Waals surface area (Å²) in [6.45, 7) is 3.27. The highest BCUT2D eigenvalue weighted by Gasteiger charge is 2.31. The molecule has 1 fully saturated rings. The number of sulfone groups is 1. The summed E-state index contributed by atoms with van der Waals surface area (Å²) < 4.78 is 31.5. The third-order valence-electron chi connectivity index (χ3n) is 4.96. The van der Waals surface area contributed by atoms with E-state index in [0.717, 1.165) is 15.7 Å². The van der Waals surface area contributed by atoms with Crippen LogP contribution in [0.2, 0.25) is 0 Å². The Morgan fingerprint density at radius 2 is 2.03 bits per heavy atom. The molecule has 1 aliphatic rings. The van der Waals surface area contributed by atoms with Gasteiger partial charge in [-0.25, -0.2) is 13.2 Å². The molecule has 6 nitrogen and oxygen atoms in total. The Balaban J connectivity index is 1.64. The minimum atomic E-state index is -3.03. The summed E-state index contributed by atoms with van der Waals surface area (Å²) >= 11 is 3.36. The molecule has 154 valence electrons. The molecule has 1 aromatic heterocycles. The van der Waals surface area contributed by atoms with Crippen molar-refractivity contribution in [2.24, 2.45) is 0 Å². The number of rotatable bonds is 6. The highest BCUT2D eigenvalue weighted by atomic mass is 79.9. The number of nitrogens with zero attached hydrogens (tertiary/aromatic N) is 1. The zero-order chi connectivity index (χ0) is 21.2. The van der Waals surface area contributed by atoms with Crippen LogP contribution in [0.3, 0.4) is 0 Å². The van der Waals surface area contributed by atoms with E-state index in [4.69, 9.17) is 4.74 Å². The van der Waals surface area contributed by atoms with E-state index in [2.05, 4.69) is 15.9 Å². The van der Waals surface area contributed by atoms with E-state index in [1.54, 1.807) is 19.1 Å². The zero-order valence-corrected chi connectivity index (χ0v) is 18.6. The molecule has 0 bridgehead atoms. The van der Waals surface area contributed by atoms with Crippen LogP contribution in [0.1, 0.15) is 39.8 Å². The van der Waals surface area contributed by atoms with Crippen LogP contribution in [0, 0.1) is 13.8 Å². The van der Waals surface area contributed by atoms with Crippen molar-refractivity contribution in [3.63, 3.8) is 0 Å². The van der Waals surface area contributed by atoms with E-state index in [1.165, 1.54) is 6.08 Å². The van der Waals surface area contributed by atoms with Gasteiger partial charge in [-0.1, -0.05) is 28.1 Å². The Labute approximate surface area is 178 Å². The van der Waals surface area contributed by atoms with Gasteiger partial charge in [0.2, 0.25) is 5.78 Å². The average molecular weight is 480 g/mol. The second-order valence-corrected chi connectivity index (χ2v) is 10.3. The maximum atomic E-state index is 12.6. The number of benzene rings is 1. The van der Waals surface area contributed by atoms with Crippen LogP contribution in [0.4, 0.5) is 0 Å². The van der Waals surface area contributed by atoms with Crippen LogP contribution in [-0.2, 0) is 19.4 Å². The third-order valence-corrected chi connectivity index (χ3v) is 7.21. The number of halogens is 1. The van der Waals surface area contributed by atoms with E-state index >= 15 is 0 Å². The fourth-order valence-corrected chi connectivity index (χ4v) is 5.75. The minimum absolute atomic E-state index is 0.0897. The van der Waals surface area contributed by atoms with E-state index in [9.17, 15) is 18.0 Å². The van der Waals surface area contributed by atoms with Gasteiger partial charge in [-0.05, 0) is 50.1 Å². The molecule has 29 heavy (non-hydrogen) atoms. The van der Waals surface area contributed by atoms with Gasteiger partial charge in [0.25, 0.3) is 0 Å². The molecule has 2 aromatic rings. The van der Waals surface area contributed by atoms with Crippen molar-refractivity contribution in [1.82, 2.24) is 4.57 Å². The van der Waals surface area contributed by atoms with E-state index in [-0.39, 0.29) is 29.9 Å². The van der Waals surface area contributed by atoms with Crippen LogP contribution in [0.15, 0.2) is 40.9 Å². The van der Waals surface area contributed by atoms with Crippen molar-refractivity contribution in [2.45, 2.75) is 26.3 Å². The first kappa shape index (κ1) is 21.5. The lowest BCUT2D eigenvalue weighted by molar-refractivity contribution is -0.136. The van der Waals surface area contributed by atoms with Gasteiger partial charge in [0, 0.05) is 33.5 Å². The van der Waals surface area contributed by atoms with Crippen molar-refractivity contribution in [3.8, 4) is 0 Å². The Morgan fingerprint density at radius 3 is 2.69 bits per heavy atom. The van der Waals surface area contributed by atoms with Crippen LogP contribution in [-0.4, -0.2) is 42.9 Å². The van der Waals surface area contributed by atoms with Gasteiger partial charge in [-0.15, -0.1) is 0 Å². The molecule has 1 saturated heterocycles.